The van der Waals surface area contributed by atoms with Crippen LogP contribution < -0.4 is 5.73 Å². The van der Waals surface area contributed by atoms with Gasteiger partial charge in [0, 0.05) is 32.2 Å². The average Bonchev–Trinajstić information content (AvgIpc) is 2.63. The van der Waals surface area contributed by atoms with Gasteiger partial charge in [-0.05, 0) is 24.7 Å². The van der Waals surface area contributed by atoms with E-state index in [1.54, 1.807) is 0 Å². The van der Waals surface area contributed by atoms with Crippen molar-refractivity contribution in [2.45, 2.75) is 18.9 Å². The maximum absolute atomic E-state index is 12.3. The van der Waals surface area contributed by atoms with Crippen molar-refractivity contribution in [3.05, 3.63) is 0 Å². The molecular weight excluding hydrogens is 301 g/mol. The van der Waals surface area contributed by atoms with Crippen molar-refractivity contribution >= 4 is 30.7 Å². The summed E-state index contributed by atoms with van der Waals surface area (Å²) < 4.78 is 5.30. The topological polar surface area (TPSA) is 58.8 Å². The summed E-state index contributed by atoms with van der Waals surface area (Å²) in [6.45, 7) is 5.57. The molecule has 3 atom stereocenters. The molecule has 2 aliphatic heterocycles. The number of fused-ring (bicyclic) bond motifs is 2. The number of hydrogen-bond donors (Lipinski definition) is 1. The highest BCUT2D eigenvalue weighted by atomic mass is 35.5. The normalized spacial score (nSPS) is 33.2. The molecule has 2 heterocycles. The van der Waals surface area contributed by atoms with Gasteiger partial charge in [0.05, 0.1) is 19.8 Å². The van der Waals surface area contributed by atoms with Crippen LogP contribution in [0.1, 0.15) is 12.8 Å². The number of carbonyl (C=O) groups excluding carboxylic acids is 1. The molecule has 3 rings (SSSR count). The molecule has 3 aliphatic rings. The van der Waals surface area contributed by atoms with Crippen LogP contribution in [0.5, 0.6) is 0 Å². The van der Waals surface area contributed by atoms with Gasteiger partial charge in [0.15, 0.2) is 0 Å². The van der Waals surface area contributed by atoms with E-state index in [1.807, 2.05) is 4.90 Å². The van der Waals surface area contributed by atoms with Gasteiger partial charge < -0.3 is 15.4 Å². The fraction of sp³-hybridized carbons (Fsp3) is 0.923. The fourth-order valence-electron chi connectivity index (χ4n) is 3.52. The summed E-state index contributed by atoms with van der Waals surface area (Å²) in [6, 6.07) is 0.331. The van der Waals surface area contributed by atoms with Crippen LogP contribution in [0.15, 0.2) is 0 Å². The highest BCUT2D eigenvalue weighted by molar-refractivity contribution is 5.85. The number of likely N-dealkylation sites (tertiary alicyclic amines) is 1. The Hall–Kier alpha value is -0.0700. The lowest BCUT2D eigenvalue weighted by Crippen LogP contribution is -2.53. The molecule has 7 heteroatoms. The molecule has 1 unspecified atom stereocenters. The Bertz CT molecular complexity index is 313. The fourth-order valence-corrected chi connectivity index (χ4v) is 3.52. The molecule has 0 aromatic heterocycles. The number of morpholine rings is 1. The number of amides is 1. The van der Waals surface area contributed by atoms with Crippen LogP contribution in [0.25, 0.3) is 0 Å². The van der Waals surface area contributed by atoms with Crippen molar-refractivity contribution in [2.75, 3.05) is 45.9 Å². The second-order valence-electron chi connectivity index (χ2n) is 5.86. The monoisotopic (exact) mass is 325 g/mol. The minimum absolute atomic E-state index is 0. The molecule has 118 valence electrons. The van der Waals surface area contributed by atoms with E-state index in [1.165, 1.54) is 12.8 Å². The van der Waals surface area contributed by atoms with E-state index >= 15 is 0 Å². The Morgan fingerprint density at radius 3 is 2.20 bits per heavy atom. The van der Waals surface area contributed by atoms with Gasteiger partial charge in [-0.1, -0.05) is 0 Å². The summed E-state index contributed by atoms with van der Waals surface area (Å²) >= 11 is 0. The largest absolute Gasteiger partial charge is 0.379 e. The maximum Gasteiger partial charge on any atom is 0.236 e. The third-order valence-corrected chi connectivity index (χ3v) is 4.72. The summed E-state index contributed by atoms with van der Waals surface area (Å²) in [7, 11) is 0. The van der Waals surface area contributed by atoms with E-state index in [2.05, 4.69) is 4.90 Å². The Morgan fingerprint density at radius 1 is 1.10 bits per heavy atom. The van der Waals surface area contributed by atoms with Gasteiger partial charge in [-0.3, -0.25) is 9.69 Å². The molecule has 1 amide bonds. The van der Waals surface area contributed by atoms with Gasteiger partial charge in [0.1, 0.15) is 0 Å². The van der Waals surface area contributed by atoms with E-state index < -0.39 is 0 Å². The molecule has 2 saturated heterocycles. The number of piperidine rings is 1. The number of rotatable bonds is 2. The van der Waals surface area contributed by atoms with Crippen LogP contribution in [0.3, 0.4) is 0 Å². The molecule has 1 saturated carbocycles. The standard InChI is InChI=1S/C13H23N3O2.2ClH/c14-13-10-1-2-11(13)8-16(7-10)12(17)9-15-3-5-18-6-4-15;;/h10-11,13H,1-9,14H2;2*1H/t10-,11+,13?;;. The van der Waals surface area contributed by atoms with Gasteiger partial charge in [-0.25, -0.2) is 0 Å². The van der Waals surface area contributed by atoms with Crippen molar-refractivity contribution in [2.24, 2.45) is 17.6 Å². The zero-order chi connectivity index (χ0) is 12.5. The summed E-state index contributed by atoms with van der Waals surface area (Å²) in [6.07, 6.45) is 2.40. The third-order valence-electron chi connectivity index (χ3n) is 4.72. The third kappa shape index (κ3) is 3.77. The van der Waals surface area contributed by atoms with Gasteiger partial charge >= 0.3 is 0 Å². The van der Waals surface area contributed by atoms with Crippen molar-refractivity contribution in [3.63, 3.8) is 0 Å². The Kier molecular flexibility index (Phi) is 7.01. The van der Waals surface area contributed by atoms with E-state index in [0.29, 0.717) is 24.4 Å². The van der Waals surface area contributed by atoms with Crippen LogP contribution in [-0.2, 0) is 9.53 Å². The second kappa shape index (κ2) is 7.80. The van der Waals surface area contributed by atoms with Gasteiger partial charge in [-0.15, -0.1) is 24.8 Å². The van der Waals surface area contributed by atoms with Crippen LogP contribution in [0.2, 0.25) is 0 Å². The number of hydrogen-bond acceptors (Lipinski definition) is 4. The number of nitrogens with two attached hydrogens (primary N) is 1. The van der Waals surface area contributed by atoms with Crippen LogP contribution >= 0.6 is 24.8 Å². The molecule has 2 N–H and O–H groups in total. The lowest BCUT2D eigenvalue weighted by atomic mass is 9.93. The molecular formula is C13H25Cl2N3O2. The van der Waals surface area contributed by atoms with Gasteiger partial charge in [0.2, 0.25) is 5.91 Å². The molecule has 0 spiro atoms. The minimum Gasteiger partial charge on any atom is -0.379 e. The van der Waals surface area contributed by atoms with E-state index in [9.17, 15) is 4.79 Å². The quantitative estimate of drug-likeness (QED) is 0.796. The summed E-state index contributed by atoms with van der Waals surface area (Å²) in [5.74, 6) is 1.36. The van der Waals surface area contributed by atoms with E-state index in [4.69, 9.17) is 10.5 Å². The summed E-state index contributed by atoms with van der Waals surface area (Å²) in [5.41, 5.74) is 6.17. The smallest absolute Gasteiger partial charge is 0.236 e. The molecule has 0 aromatic rings. The van der Waals surface area contributed by atoms with E-state index in [-0.39, 0.29) is 30.7 Å². The Morgan fingerprint density at radius 2 is 1.65 bits per heavy atom. The SMILES string of the molecule is Cl.Cl.NC1[C@@H]2CC[C@H]1CN(C(=O)CN1CCOCC1)C2. The number of carbonyl (C=O) groups is 1. The lowest BCUT2D eigenvalue weighted by Gasteiger charge is -2.37. The Balaban J connectivity index is 0.000001000. The molecule has 3 fully saturated rings. The first-order valence-electron chi connectivity index (χ1n) is 7.07. The molecule has 0 radical (unpaired) electrons. The first kappa shape index (κ1) is 18.0. The van der Waals surface area contributed by atoms with Gasteiger partial charge in [-0.2, -0.15) is 0 Å². The molecule has 2 bridgehead atoms. The van der Waals surface area contributed by atoms with Crippen LogP contribution in [0.4, 0.5) is 0 Å². The molecule has 1 aliphatic carbocycles. The highest BCUT2D eigenvalue weighted by Crippen LogP contribution is 2.35. The first-order valence-corrected chi connectivity index (χ1v) is 7.07. The molecule has 5 nitrogen and oxygen atoms in total. The van der Waals surface area contributed by atoms with E-state index in [0.717, 1.165) is 39.4 Å². The Labute approximate surface area is 133 Å². The predicted molar refractivity (Wildman–Crippen MR) is 82.5 cm³/mol. The number of ether oxygens (including phenoxy) is 1. The van der Waals surface area contributed by atoms with Gasteiger partial charge in [0.25, 0.3) is 0 Å². The zero-order valence-corrected chi connectivity index (χ0v) is 13.3. The number of halogens is 2. The van der Waals surface area contributed by atoms with Crippen molar-refractivity contribution in [1.29, 1.82) is 0 Å². The van der Waals surface area contributed by atoms with Crippen molar-refractivity contribution in [3.8, 4) is 0 Å². The summed E-state index contributed by atoms with van der Waals surface area (Å²) in [4.78, 5) is 16.5. The summed E-state index contributed by atoms with van der Waals surface area (Å²) in [5, 5.41) is 0. The zero-order valence-electron chi connectivity index (χ0n) is 11.7. The predicted octanol–water partition coefficient (Wildman–Crippen LogP) is 0.358. The minimum atomic E-state index is 0. The second-order valence-corrected chi connectivity index (χ2v) is 5.86. The maximum atomic E-state index is 12.3. The molecule has 0 aromatic carbocycles. The van der Waals surface area contributed by atoms with Crippen LogP contribution in [-0.4, -0.2) is 67.7 Å². The average molecular weight is 326 g/mol. The van der Waals surface area contributed by atoms with Crippen molar-refractivity contribution in [1.82, 2.24) is 9.80 Å². The lowest BCUT2D eigenvalue weighted by molar-refractivity contribution is -0.135. The first-order chi connectivity index (χ1) is 8.74. The number of nitrogens with zero attached hydrogens (tertiary/aromatic N) is 2. The van der Waals surface area contributed by atoms with Crippen molar-refractivity contribution < 1.29 is 9.53 Å². The van der Waals surface area contributed by atoms with Crippen LogP contribution in [0, 0.1) is 11.8 Å². The highest BCUT2D eigenvalue weighted by Gasteiger charge is 2.41. The molecule has 20 heavy (non-hydrogen) atoms.